The molecule has 2 heterocycles. The summed E-state index contributed by atoms with van der Waals surface area (Å²) in [5.74, 6) is 0.387. The van der Waals surface area contributed by atoms with Crippen molar-refractivity contribution in [3.05, 3.63) is 101 Å². The van der Waals surface area contributed by atoms with Crippen molar-refractivity contribution in [3.63, 3.8) is 0 Å². The third-order valence-corrected chi connectivity index (χ3v) is 6.53. The molecule has 0 aromatic heterocycles. The van der Waals surface area contributed by atoms with Gasteiger partial charge in [-0.2, -0.15) is 0 Å². The minimum absolute atomic E-state index is 0.224. The predicted octanol–water partition coefficient (Wildman–Crippen LogP) is 5.74. The van der Waals surface area contributed by atoms with E-state index >= 15 is 0 Å². The van der Waals surface area contributed by atoms with Crippen LogP contribution in [0.25, 0.3) is 0 Å². The lowest BCUT2D eigenvalue weighted by Gasteiger charge is -2.43. The van der Waals surface area contributed by atoms with E-state index in [2.05, 4.69) is 77.7 Å². The number of ether oxygens (including phenoxy) is 1. The van der Waals surface area contributed by atoms with Crippen LogP contribution in [0.4, 0.5) is 5.69 Å². The van der Waals surface area contributed by atoms with Crippen LogP contribution in [0.5, 0.6) is 0 Å². The van der Waals surface area contributed by atoms with Crippen molar-refractivity contribution < 1.29 is 9.53 Å². The van der Waals surface area contributed by atoms with Crippen molar-refractivity contribution in [2.75, 3.05) is 24.6 Å². The van der Waals surface area contributed by atoms with Gasteiger partial charge < -0.3 is 9.64 Å². The van der Waals surface area contributed by atoms with Crippen molar-refractivity contribution in [2.45, 2.75) is 31.6 Å². The fourth-order valence-electron chi connectivity index (χ4n) is 5.19. The normalized spacial score (nSPS) is 19.8. The number of hydrogen-bond donors (Lipinski definition) is 0. The molecule has 0 N–H and O–H groups in total. The summed E-state index contributed by atoms with van der Waals surface area (Å²) in [6, 6.07) is 25.6. The van der Waals surface area contributed by atoms with Gasteiger partial charge in [-0.15, -0.1) is 0 Å². The number of esters is 1. The molecule has 0 radical (unpaired) electrons. The smallest absolute Gasteiger partial charge is 0.338 e. The SMILES string of the molecule is CCOC(=O)c1cc2c3c(c1)C(c1ccccc1)CCN3CCC2c1ccccc1. The first-order chi connectivity index (χ1) is 14.8. The predicted molar refractivity (Wildman–Crippen MR) is 120 cm³/mol. The van der Waals surface area contributed by atoms with E-state index in [1.165, 1.54) is 27.9 Å². The second-order valence-corrected chi connectivity index (χ2v) is 8.21. The number of rotatable bonds is 4. The average molecular weight is 398 g/mol. The summed E-state index contributed by atoms with van der Waals surface area (Å²) in [5.41, 5.74) is 7.20. The van der Waals surface area contributed by atoms with Gasteiger partial charge in [0, 0.05) is 30.6 Å². The average Bonchev–Trinajstić information content (AvgIpc) is 2.80. The van der Waals surface area contributed by atoms with E-state index in [4.69, 9.17) is 4.74 Å². The van der Waals surface area contributed by atoms with E-state index in [0.717, 1.165) is 25.9 Å². The van der Waals surface area contributed by atoms with Gasteiger partial charge in [-0.25, -0.2) is 4.79 Å². The zero-order valence-electron chi connectivity index (χ0n) is 17.4. The second-order valence-electron chi connectivity index (χ2n) is 8.21. The van der Waals surface area contributed by atoms with Gasteiger partial charge >= 0.3 is 5.97 Å². The largest absolute Gasteiger partial charge is 0.462 e. The molecule has 3 aromatic carbocycles. The van der Waals surface area contributed by atoms with Gasteiger partial charge in [0.1, 0.15) is 0 Å². The number of anilines is 1. The Balaban J connectivity index is 1.70. The molecule has 0 spiro atoms. The zero-order valence-corrected chi connectivity index (χ0v) is 17.4. The van der Waals surface area contributed by atoms with Gasteiger partial charge in [-0.1, -0.05) is 60.7 Å². The fraction of sp³-hybridized carbons (Fsp3) is 0.296. The minimum Gasteiger partial charge on any atom is -0.462 e. The quantitative estimate of drug-likeness (QED) is 0.526. The summed E-state index contributed by atoms with van der Waals surface area (Å²) < 4.78 is 5.39. The number of nitrogens with zero attached hydrogens (tertiary/aromatic N) is 1. The highest BCUT2D eigenvalue weighted by Gasteiger charge is 2.35. The first-order valence-corrected chi connectivity index (χ1v) is 11.0. The molecule has 2 aliphatic rings. The van der Waals surface area contributed by atoms with Crippen LogP contribution in [0, 0.1) is 0 Å². The first kappa shape index (κ1) is 18.9. The van der Waals surface area contributed by atoms with Gasteiger partial charge in [0.25, 0.3) is 0 Å². The Morgan fingerprint density at radius 1 is 0.867 bits per heavy atom. The van der Waals surface area contributed by atoms with Gasteiger partial charge in [0.2, 0.25) is 0 Å². The van der Waals surface area contributed by atoms with Crippen molar-refractivity contribution in [1.29, 1.82) is 0 Å². The number of carbonyl (C=O) groups is 1. The second kappa shape index (κ2) is 7.98. The summed E-state index contributed by atoms with van der Waals surface area (Å²) in [5, 5.41) is 0. The van der Waals surface area contributed by atoms with Crippen molar-refractivity contribution in [3.8, 4) is 0 Å². The Kier molecular flexibility index (Phi) is 5.04. The topological polar surface area (TPSA) is 29.5 Å². The molecule has 0 bridgehead atoms. The molecule has 2 aliphatic heterocycles. The molecule has 2 atom stereocenters. The van der Waals surface area contributed by atoms with Crippen LogP contribution in [0.3, 0.4) is 0 Å². The molecular formula is C27H27NO2. The lowest BCUT2D eigenvalue weighted by atomic mass is 9.76. The van der Waals surface area contributed by atoms with E-state index in [1.54, 1.807) is 0 Å². The lowest BCUT2D eigenvalue weighted by molar-refractivity contribution is 0.0526. The molecule has 152 valence electrons. The Morgan fingerprint density at radius 2 is 1.37 bits per heavy atom. The van der Waals surface area contributed by atoms with Crippen LogP contribution < -0.4 is 4.90 Å². The molecule has 5 rings (SSSR count). The molecule has 0 amide bonds. The maximum atomic E-state index is 12.7. The summed E-state index contributed by atoms with van der Waals surface area (Å²) in [6.07, 6.45) is 2.14. The standard InChI is InChI=1S/C27H27NO2/c1-2-30-27(29)21-17-24-22(19-9-5-3-6-10-19)13-15-28-16-14-23(25(18-21)26(24)28)20-11-7-4-8-12-20/h3-12,17-18,22-23H,2,13-16H2,1H3. The van der Waals surface area contributed by atoms with E-state index in [0.29, 0.717) is 24.0 Å². The highest BCUT2D eigenvalue weighted by molar-refractivity contribution is 5.91. The van der Waals surface area contributed by atoms with E-state index < -0.39 is 0 Å². The maximum absolute atomic E-state index is 12.7. The van der Waals surface area contributed by atoms with Crippen LogP contribution >= 0.6 is 0 Å². The Morgan fingerprint density at radius 3 is 1.83 bits per heavy atom. The van der Waals surface area contributed by atoms with Gasteiger partial charge in [0.05, 0.1) is 12.2 Å². The highest BCUT2D eigenvalue weighted by Crippen LogP contribution is 2.48. The zero-order chi connectivity index (χ0) is 20.5. The Hall–Kier alpha value is -3.07. The number of benzene rings is 3. The fourth-order valence-corrected chi connectivity index (χ4v) is 5.19. The van der Waals surface area contributed by atoms with Crippen LogP contribution in [0.2, 0.25) is 0 Å². The van der Waals surface area contributed by atoms with Crippen LogP contribution in [-0.2, 0) is 4.74 Å². The number of carbonyl (C=O) groups excluding carboxylic acids is 1. The third-order valence-electron chi connectivity index (χ3n) is 6.53. The van der Waals surface area contributed by atoms with Crippen molar-refractivity contribution >= 4 is 11.7 Å². The lowest BCUT2D eigenvalue weighted by Crippen LogP contribution is -2.38. The van der Waals surface area contributed by atoms with Crippen molar-refractivity contribution in [2.24, 2.45) is 0 Å². The first-order valence-electron chi connectivity index (χ1n) is 11.0. The Bertz CT molecular complexity index is 972. The molecule has 3 heteroatoms. The molecule has 30 heavy (non-hydrogen) atoms. The molecule has 3 aromatic rings. The summed E-state index contributed by atoms with van der Waals surface area (Å²) in [4.78, 5) is 15.3. The molecule has 0 saturated carbocycles. The molecule has 0 fully saturated rings. The molecule has 0 saturated heterocycles. The van der Waals surface area contributed by atoms with Crippen LogP contribution in [-0.4, -0.2) is 25.7 Å². The van der Waals surface area contributed by atoms with Crippen LogP contribution in [0.1, 0.15) is 64.2 Å². The summed E-state index contributed by atoms with van der Waals surface area (Å²) in [6.45, 7) is 4.36. The molecular weight excluding hydrogens is 370 g/mol. The van der Waals surface area contributed by atoms with Gasteiger partial charge in [0.15, 0.2) is 0 Å². The summed E-state index contributed by atoms with van der Waals surface area (Å²) >= 11 is 0. The minimum atomic E-state index is -0.224. The molecule has 0 aliphatic carbocycles. The van der Waals surface area contributed by atoms with Crippen molar-refractivity contribution in [1.82, 2.24) is 0 Å². The molecule has 3 nitrogen and oxygen atoms in total. The Labute approximate surface area is 178 Å². The molecule has 2 unspecified atom stereocenters. The summed E-state index contributed by atoms with van der Waals surface area (Å²) in [7, 11) is 0. The monoisotopic (exact) mass is 397 g/mol. The highest BCUT2D eigenvalue weighted by atomic mass is 16.5. The van der Waals surface area contributed by atoms with E-state index in [1.807, 2.05) is 6.92 Å². The maximum Gasteiger partial charge on any atom is 0.338 e. The van der Waals surface area contributed by atoms with Gasteiger partial charge in [-0.3, -0.25) is 0 Å². The third kappa shape index (κ3) is 3.28. The van der Waals surface area contributed by atoms with Crippen LogP contribution in [0.15, 0.2) is 72.8 Å². The number of hydrogen-bond acceptors (Lipinski definition) is 3. The van der Waals surface area contributed by atoms with Gasteiger partial charge in [-0.05, 0) is 54.2 Å². The van der Waals surface area contributed by atoms with E-state index in [-0.39, 0.29) is 5.97 Å². The van der Waals surface area contributed by atoms with E-state index in [9.17, 15) is 4.79 Å².